The summed E-state index contributed by atoms with van der Waals surface area (Å²) in [4.78, 5) is 47.0. The van der Waals surface area contributed by atoms with Crippen LogP contribution in [0.1, 0.15) is 20.7 Å². The fourth-order valence-electron chi connectivity index (χ4n) is 3.86. The summed E-state index contributed by atoms with van der Waals surface area (Å²) >= 11 is 0. The molecule has 2 saturated heterocycles. The van der Waals surface area contributed by atoms with E-state index in [9.17, 15) is 19.2 Å². The Hall–Kier alpha value is -4.10. The van der Waals surface area contributed by atoms with Gasteiger partial charge < -0.3 is 30.3 Å². The Balaban J connectivity index is 0.000000236. The predicted molar refractivity (Wildman–Crippen MR) is 156 cm³/mol. The lowest BCUT2D eigenvalue weighted by atomic mass is 10.2. The van der Waals surface area contributed by atoms with Crippen molar-refractivity contribution in [3.05, 3.63) is 83.9 Å². The molecule has 0 saturated carbocycles. The van der Waals surface area contributed by atoms with Crippen LogP contribution in [0.3, 0.4) is 0 Å². The van der Waals surface area contributed by atoms with Crippen LogP contribution < -0.4 is 10.6 Å². The second-order valence-electron chi connectivity index (χ2n) is 9.20. The molecule has 42 heavy (non-hydrogen) atoms. The van der Waals surface area contributed by atoms with Crippen molar-refractivity contribution in [2.24, 2.45) is 0 Å². The van der Waals surface area contributed by atoms with Crippen molar-refractivity contribution in [3.63, 3.8) is 0 Å². The number of nitrogens with one attached hydrogen (secondary N) is 2. The standard InChI is InChI=1S/2C13H18N2O2.C4H4O4/c2*16-13(12-4-2-1-3-5-12)17-11-10-15-8-6-14-7-9-15;5-3(6)1-2-4(7)8/h2*1-5,14H,6-11H2;1-2H,(H,5,6)(H,7,8)/b;;2-1-. The molecule has 0 aromatic heterocycles. The third kappa shape index (κ3) is 15.6. The molecule has 2 aliphatic heterocycles. The first-order valence-corrected chi connectivity index (χ1v) is 13.8. The van der Waals surface area contributed by atoms with Gasteiger partial charge in [0.05, 0.1) is 11.1 Å². The first-order chi connectivity index (χ1) is 20.3. The van der Waals surface area contributed by atoms with E-state index >= 15 is 0 Å². The summed E-state index contributed by atoms with van der Waals surface area (Å²) < 4.78 is 10.5. The smallest absolute Gasteiger partial charge is 0.338 e. The van der Waals surface area contributed by atoms with E-state index in [0.717, 1.165) is 65.4 Å². The van der Waals surface area contributed by atoms with Crippen LogP contribution in [0.4, 0.5) is 0 Å². The molecule has 0 atom stereocenters. The Morgan fingerprint density at radius 1 is 0.619 bits per heavy atom. The molecule has 4 N–H and O–H groups in total. The maximum Gasteiger partial charge on any atom is 0.338 e. The lowest BCUT2D eigenvalue weighted by Gasteiger charge is -2.26. The molecular weight excluding hydrogens is 544 g/mol. The zero-order chi connectivity index (χ0) is 30.4. The summed E-state index contributed by atoms with van der Waals surface area (Å²) in [6.45, 7) is 10.8. The van der Waals surface area contributed by atoms with Gasteiger partial charge in [-0.2, -0.15) is 0 Å². The zero-order valence-corrected chi connectivity index (χ0v) is 23.7. The molecule has 2 aromatic rings. The van der Waals surface area contributed by atoms with Crippen LogP contribution in [0.15, 0.2) is 72.8 Å². The van der Waals surface area contributed by atoms with Gasteiger partial charge in [-0.1, -0.05) is 36.4 Å². The third-order valence-corrected chi connectivity index (χ3v) is 6.09. The van der Waals surface area contributed by atoms with Crippen LogP contribution in [0.25, 0.3) is 0 Å². The number of hydrogen-bond acceptors (Lipinski definition) is 10. The normalized spacial score (nSPS) is 15.3. The number of benzene rings is 2. The maximum atomic E-state index is 11.6. The van der Waals surface area contributed by atoms with Crippen molar-refractivity contribution in [3.8, 4) is 0 Å². The zero-order valence-electron chi connectivity index (χ0n) is 23.7. The molecule has 0 unspecified atom stereocenters. The van der Waals surface area contributed by atoms with Crippen molar-refractivity contribution in [2.75, 3.05) is 78.7 Å². The van der Waals surface area contributed by atoms with Crippen molar-refractivity contribution >= 4 is 23.9 Å². The first-order valence-electron chi connectivity index (χ1n) is 13.8. The van der Waals surface area contributed by atoms with Crippen LogP contribution in [0.5, 0.6) is 0 Å². The Kier molecular flexibility index (Phi) is 16.8. The fraction of sp³-hybridized carbons (Fsp3) is 0.400. The summed E-state index contributed by atoms with van der Waals surface area (Å²) in [5.41, 5.74) is 1.24. The summed E-state index contributed by atoms with van der Waals surface area (Å²) in [5.74, 6) is -2.98. The lowest BCUT2D eigenvalue weighted by Crippen LogP contribution is -2.44. The van der Waals surface area contributed by atoms with Gasteiger partial charge in [-0.05, 0) is 24.3 Å². The van der Waals surface area contributed by atoms with Gasteiger partial charge in [0.15, 0.2) is 0 Å². The summed E-state index contributed by atoms with van der Waals surface area (Å²) in [5, 5.41) is 22.2. The molecule has 4 rings (SSSR count). The molecule has 12 nitrogen and oxygen atoms in total. The van der Waals surface area contributed by atoms with Crippen LogP contribution in [0.2, 0.25) is 0 Å². The minimum Gasteiger partial charge on any atom is -0.478 e. The van der Waals surface area contributed by atoms with Gasteiger partial charge in [-0.15, -0.1) is 0 Å². The van der Waals surface area contributed by atoms with E-state index in [4.69, 9.17) is 19.7 Å². The first kappa shape index (κ1) is 34.1. The van der Waals surface area contributed by atoms with Gasteiger partial charge in [-0.25, -0.2) is 19.2 Å². The molecule has 2 aromatic carbocycles. The minimum absolute atomic E-state index is 0.235. The van der Waals surface area contributed by atoms with Gasteiger partial charge in [0.25, 0.3) is 0 Å². The third-order valence-electron chi connectivity index (χ3n) is 6.09. The lowest BCUT2D eigenvalue weighted by molar-refractivity contribution is -0.134. The predicted octanol–water partition coefficient (Wildman–Crippen LogP) is 1.21. The highest BCUT2D eigenvalue weighted by Crippen LogP contribution is 2.02. The average Bonchev–Trinajstić information content (AvgIpc) is 3.02. The molecule has 0 spiro atoms. The molecule has 0 bridgehead atoms. The Bertz CT molecular complexity index is 1020. The van der Waals surface area contributed by atoms with Crippen LogP contribution in [0, 0.1) is 0 Å². The molecule has 2 fully saturated rings. The van der Waals surface area contributed by atoms with Crippen molar-refractivity contribution in [1.29, 1.82) is 0 Å². The summed E-state index contributed by atoms with van der Waals surface area (Å²) in [6, 6.07) is 18.2. The summed E-state index contributed by atoms with van der Waals surface area (Å²) in [6.07, 6.45) is 1.12. The van der Waals surface area contributed by atoms with E-state index in [2.05, 4.69) is 20.4 Å². The van der Waals surface area contributed by atoms with Crippen molar-refractivity contribution in [1.82, 2.24) is 20.4 Å². The number of ether oxygens (including phenoxy) is 2. The summed E-state index contributed by atoms with van der Waals surface area (Å²) in [7, 11) is 0. The minimum atomic E-state index is -1.26. The Morgan fingerprint density at radius 2 is 0.952 bits per heavy atom. The number of rotatable bonds is 10. The number of carbonyl (C=O) groups excluding carboxylic acids is 2. The second-order valence-corrected chi connectivity index (χ2v) is 9.20. The molecule has 2 heterocycles. The monoisotopic (exact) mass is 584 g/mol. The molecule has 0 amide bonds. The number of aliphatic carboxylic acids is 2. The number of nitrogens with zero attached hydrogens (tertiary/aromatic N) is 2. The van der Waals surface area contributed by atoms with Crippen molar-refractivity contribution < 1.29 is 38.9 Å². The van der Waals surface area contributed by atoms with E-state index in [1.165, 1.54) is 0 Å². The SMILES string of the molecule is O=C(O)/C=C\C(=O)O.O=C(OCCN1CCNCC1)c1ccccc1.O=C(OCCN1CCNCC1)c1ccccc1. The van der Waals surface area contributed by atoms with Gasteiger partial charge in [0.1, 0.15) is 13.2 Å². The topological polar surface area (TPSA) is 158 Å². The van der Waals surface area contributed by atoms with E-state index in [0.29, 0.717) is 36.5 Å². The number of esters is 2. The highest BCUT2D eigenvalue weighted by atomic mass is 16.5. The Morgan fingerprint density at radius 3 is 1.26 bits per heavy atom. The van der Waals surface area contributed by atoms with E-state index < -0.39 is 11.9 Å². The number of carboxylic acid groups (broad SMARTS) is 2. The van der Waals surface area contributed by atoms with Crippen LogP contribution >= 0.6 is 0 Å². The molecule has 2 aliphatic rings. The fourth-order valence-corrected chi connectivity index (χ4v) is 3.86. The number of piperazine rings is 2. The number of carboxylic acids is 2. The molecule has 228 valence electrons. The van der Waals surface area contributed by atoms with Crippen LogP contribution in [-0.4, -0.2) is 123 Å². The second kappa shape index (κ2) is 20.7. The average molecular weight is 585 g/mol. The van der Waals surface area contributed by atoms with Crippen molar-refractivity contribution in [2.45, 2.75) is 0 Å². The van der Waals surface area contributed by atoms with E-state index in [1.54, 1.807) is 24.3 Å². The number of carbonyl (C=O) groups is 4. The van der Waals surface area contributed by atoms with Gasteiger partial charge in [0, 0.05) is 77.6 Å². The van der Waals surface area contributed by atoms with Gasteiger partial charge >= 0.3 is 23.9 Å². The molecule has 0 aliphatic carbocycles. The Labute approximate surface area is 245 Å². The van der Waals surface area contributed by atoms with E-state index in [1.807, 2.05) is 36.4 Å². The number of hydrogen-bond donors (Lipinski definition) is 4. The maximum absolute atomic E-state index is 11.6. The van der Waals surface area contributed by atoms with Gasteiger partial charge in [0.2, 0.25) is 0 Å². The molecule has 0 radical (unpaired) electrons. The van der Waals surface area contributed by atoms with Crippen LogP contribution in [-0.2, 0) is 19.1 Å². The van der Waals surface area contributed by atoms with E-state index in [-0.39, 0.29) is 11.9 Å². The quantitative estimate of drug-likeness (QED) is 0.234. The highest BCUT2D eigenvalue weighted by molar-refractivity contribution is 5.90. The molecular formula is C30H40N4O8. The largest absolute Gasteiger partial charge is 0.478 e. The van der Waals surface area contributed by atoms with Gasteiger partial charge in [-0.3, -0.25) is 9.80 Å². The molecule has 12 heteroatoms. The highest BCUT2D eigenvalue weighted by Gasteiger charge is 2.12.